The van der Waals surface area contributed by atoms with Crippen LogP contribution in [0.4, 0.5) is 0 Å². The second kappa shape index (κ2) is 5.72. The van der Waals surface area contributed by atoms with Crippen LogP contribution in [-0.2, 0) is 10.0 Å². The van der Waals surface area contributed by atoms with Crippen LogP contribution in [0, 0.1) is 24.2 Å². The van der Waals surface area contributed by atoms with Crippen molar-refractivity contribution in [1.29, 1.82) is 5.26 Å². The number of nitrogens with zero attached hydrogens (tertiary/aromatic N) is 2. The molecule has 0 amide bonds. The van der Waals surface area contributed by atoms with Crippen LogP contribution >= 0.6 is 0 Å². The molecule has 0 aromatic heterocycles. The number of hydrogen-bond acceptors (Lipinski definition) is 3. The molecule has 1 aliphatic carbocycles. The van der Waals surface area contributed by atoms with Gasteiger partial charge in [-0.05, 0) is 37.8 Å². The van der Waals surface area contributed by atoms with E-state index in [1.165, 1.54) is 4.31 Å². The number of rotatable bonds is 6. The molecule has 0 radical (unpaired) electrons. The molecule has 0 atom stereocenters. The Bertz CT molecular complexity index is 568. The highest BCUT2D eigenvalue weighted by atomic mass is 32.2. The Balaban J connectivity index is 2.21. The van der Waals surface area contributed by atoms with Gasteiger partial charge in [-0.15, -0.1) is 0 Å². The Morgan fingerprint density at radius 3 is 2.47 bits per heavy atom. The Labute approximate surface area is 114 Å². The second-order valence-corrected chi connectivity index (χ2v) is 6.97. The number of nitriles is 1. The van der Waals surface area contributed by atoms with Crippen LogP contribution in [0.1, 0.15) is 24.8 Å². The molecule has 1 saturated carbocycles. The van der Waals surface area contributed by atoms with Gasteiger partial charge in [0.25, 0.3) is 0 Å². The number of sulfonamides is 1. The van der Waals surface area contributed by atoms with E-state index in [4.69, 9.17) is 5.26 Å². The lowest BCUT2D eigenvalue weighted by molar-refractivity contribution is 0.402. The maximum absolute atomic E-state index is 12.5. The smallest absolute Gasteiger partial charge is 0.207 e. The fraction of sp³-hybridized carbons (Fsp3) is 0.500. The van der Waals surface area contributed by atoms with Gasteiger partial charge in [0.2, 0.25) is 10.0 Å². The van der Waals surface area contributed by atoms with Crippen LogP contribution < -0.4 is 0 Å². The molecular formula is C14H18N2O2S. The van der Waals surface area contributed by atoms with Gasteiger partial charge in [0.05, 0.1) is 11.0 Å². The molecular weight excluding hydrogens is 260 g/mol. The number of aryl methyl sites for hydroxylation is 1. The van der Waals surface area contributed by atoms with E-state index in [9.17, 15) is 8.42 Å². The van der Waals surface area contributed by atoms with Crippen LogP contribution in [0.2, 0.25) is 0 Å². The zero-order valence-corrected chi connectivity index (χ0v) is 11.9. The third-order valence-corrected chi connectivity index (χ3v) is 5.17. The average molecular weight is 278 g/mol. The molecule has 102 valence electrons. The monoisotopic (exact) mass is 278 g/mol. The van der Waals surface area contributed by atoms with Crippen LogP contribution in [0.3, 0.4) is 0 Å². The summed E-state index contributed by atoms with van der Waals surface area (Å²) in [6, 6.07) is 8.89. The molecule has 0 heterocycles. The fourth-order valence-corrected chi connectivity index (χ4v) is 3.45. The van der Waals surface area contributed by atoms with Crippen LogP contribution in [0.15, 0.2) is 29.2 Å². The molecule has 0 spiro atoms. The van der Waals surface area contributed by atoms with Gasteiger partial charge in [0, 0.05) is 19.5 Å². The SMILES string of the molecule is Cc1ccc(S(=O)(=O)N(CCC#N)CC2CC2)cc1. The van der Waals surface area contributed by atoms with E-state index in [0.717, 1.165) is 18.4 Å². The molecule has 4 nitrogen and oxygen atoms in total. The molecule has 0 saturated heterocycles. The third kappa shape index (κ3) is 3.55. The maximum Gasteiger partial charge on any atom is 0.243 e. The minimum atomic E-state index is -3.46. The molecule has 0 bridgehead atoms. The van der Waals surface area contributed by atoms with E-state index in [2.05, 4.69) is 0 Å². The van der Waals surface area contributed by atoms with E-state index in [0.29, 0.717) is 17.4 Å². The normalized spacial score (nSPS) is 15.4. The van der Waals surface area contributed by atoms with Crippen molar-refractivity contribution in [2.24, 2.45) is 5.92 Å². The average Bonchev–Trinajstić information content (AvgIpc) is 3.18. The summed E-state index contributed by atoms with van der Waals surface area (Å²) in [6.45, 7) is 2.75. The van der Waals surface area contributed by atoms with Gasteiger partial charge in [0.1, 0.15) is 0 Å². The Morgan fingerprint density at radius 2 is 1.95 bits per heavy atom. The predicted octanol–water partition coefficient (Wildman–Crippen LogP) is 2.31. The van der Waals surface area contributed by atoms with E-state index >= 15 is 0 Å². The molecule has 0 aliphatic heterocycles. The zero-order chi connectivity index (χ0) is 13.9. The number of benzene rings is 1. The van der Waals surface area contributed by atoms with Gasteiger partial charge >= 0.3 is 0 Å². The highest BCUT2D eigenvalue weighted by molar-refractivity contribution is 7.89. The summed E-state index contributed by atoms with van der Waals surface area (Å²) in [5.74, 6) is 0.471. The maximum atomic E-state index is 12.5. The van der Waals surface area contributed by atoms with Gasteiger partial charge in [-0.1, -0.05) is 17.7 Å². The van der Waals surface area contributed by atoms with Crippen molar-refractivity contribution in [3.63, 3.8) is 0 Å². The van der Waals surface area contributed by atoms with Gasteiger partial charge in [0.15, 0.2) is 0 Å². The molecule has 1 fully saturated rings. The molecule has 1 aliphatic rings. The molecule has 2 rings (SSSR count). The third-order valence-electron chi connectivity index (χ3n) is 3.29. The van der Waals surface area contributed by atoms with E-state index in [1.807, 2.05) is 13.0 Å². The molecule has 0 N–H and O–H groups in total. The second-order valence-electron chi connectivity index (χ2n) is 5.03. The largest absolute Gasteiger partial charge is 0.243 e. The van der Waals surface area contributed by atoms with E-state index in [-0.39, 0.29) is 13.0 Å². The molecule has 5 heteroatoms. The fourth-order valence-electron chi connectivity index (χ4n) is 1.93. The van der Waals surface area contributed by atoms with Crippen molar-refractivity contribution < 1.29 is 8.42 Å². The summed E-state index contributed by atoms with van der Waals surface area (Å²) in [7, 11) is -3.46. The van der Waals surface area contributed by atoms with E-state index < -0.39 is 10.0 Å². The quantitative estimate of drug-likeness (QED) is 0.802. The van der Waals surface area contributed by atoms with Crippen molar-refractivity contribution in [2.75, 3.05) is 13.1 Å². The first-order chi connectivity index (χ1) is 9.04. The summed E-state index contributed by atoms with van der Waals surface area (Å²) in [6.07, 6.45) is 2.41. The molecule has 19 heavy (non-hydrogen) atoms. The zero-order valence-electron chi connectivity index (χ0n) is 11.0. The lowest BCUT2D eigenvalue weighted by Crippen LogP contribution is -2.33. The Kier molecular flexibility index (Phi) is 4.23. The van der Waals surface area contributed by atoms with Crippen LogP contribution in [0.25, 0.3) is 0 Å². The predicted molar refractivity (Wildman–Crippen MR) is 72.9 cm³/mol. The highest BCUT2D eigenvalue weighted by Gasteiger charge is 2.31. The van der Waals surface area contributed by atoms with Crippen molar-refractivity contribution >= 4 is 10.0 Å². The first kappa shape index (κ1) is 14.0. The minimum Gasteiger partial charge on any atom is -0.207 e. The van der Waals surface area contributed by atoms with Gasteiger partial charge in [-0.3, -0.25) is 0 Å². The summed E-state index contributed by atoms with van der Waals surface area (Å²) in [4.78, 5) is 0.316. The lowest BCUT2D eigenvalue weighted by Gasteiger charge is -2.21. The van der Waals surface area contributed by atoms with Crippen molar-refractivity contribution in [1.82, 2.24) is 4.31 Å². The Morgan fingerprint density at radius 1 is 1.32 bits per heavy atom. The summed E-state index contributed by atoms with van der Waals surface area (Å²) in [5.41, 5.74) is 1.03. The minimum absolute atomic E-state index is 0.234. The standard InChI is InChI=1S/C14H18N2O2S/c1-12-3-7-14(8-4-12)19(17,18)16(10-2-9-15)11-13-5-6-13/h3-4,7-8,13H,2,5-6,10-11H2,1H3. The lowest BCUT2D eigenvalue weighted by atomic mass is 10.2. The first-order valence-electron chi connectivity index (χ1n) is 6.48. The van der Waals surface area contributed by atoms with Crippen LogP contribution in [-0.4, -0.2) is 25.8 Å². The van der Waals surface area contributed by atoms with Gasteiger partial charge in [-0.25, -0.2) is 8.42 Å². The molecule has 1 aromatic carbocycles. The molecule has 1 aromatic rings. The van der Waals surface area contributed by atoms with E-state index in [1.54, 1.807) is 24.3 Å². The number of hydrogen-bond donors (Lipinski definition) is 0. The summed E-state index contributed by atoms with van der Waals surface area (Å²) in [5, 5.41) is 8.67. The molecule has 0 unspecified atom stereocenters. The summed E-state index contributed by atoms with van der Waals surface area (Å²) >= 11 is 0. The summed E-state index contributed by atoms with van der Waals surface area (Å²) < 4.78 is 26.5. The van der Waals surface area contributed by atoms with Crippen LogP contribution in [0.5, 0.6) is 0 Å². The van der Waals surface area contributed by atoms with Crippen molar-refractivity contribution in [3.8, 4) is 6.07 Å². The first-order valence-corrected chi connectivity index (χ1v) is 7.92. The highest BCUT2D eigenvalue weighted by Crippen LogP contribution is 2.31. The van der Waals surface area contributed by atoms with Gasteiger partial charge in [-0.2, -0.15) is 9.57 Å². The van der Waals surface area contributed by atoms with Crippen molar-refractivity contribution in [3.05, 3.63) is 29.8 Å². The van der Waals surface area contributed by atoms with Crippen molar-refractivity contribution in [2.45, 2.75) is 31.1 Å². The topological polar surface area (TPSA) is 61.2 Å². The van der Waals surface area contributed by atoms with Gasteiger partial charge < -0.3 is 0 Å². The Hall–Kier alpha value is -1.38.